The molecule has 0 aliphatic rings. The van der Waals surface area contributed by atoms with Crippen LogP contribution >= 0.6 is 7.82 Å². The molecule has 0 saturated heterocycles. The zero-order chi connectivity index (χ0) is 42.7. The fourth-order valence-corrected chi connectivity index (χ4v) is 6.45. The van der Waals surface area contributed by atoms with Gasteiger partial charge in [0.2, 0.25) is 0 Å². The van der Waals surface area contributed by atoms with Crippen LogP contribution in [0.25, 0.3) is 0 Å². The number of phosphoric acid groups is 1. The van der Waals surface area contributed by atoms with E-state index in [2.05, 4.69) is 98.9 Å². The molecule has 0 bridgehead atoms. The first-order valence-corrected chi connectivity index (χ1v) is 24.3. The molecule has 0 aromatic rings. The van der Waals surface area contributed by atoms with Crippen LogP contribution in [-0.4, -0.2) is 75.6 Å². The molecule has 2 unspecified atom stereocenters. The number of rotatable bonds is 41. The normalized spacial score (nSPS) is 14.5. The summed E-state index contributed by atoms with van der Waals surface area (Å²) >= 11 is 0. The summed E-state index contributed by atoms with van der Waals surface area (Å²) in [5.41, 5.74) is 0. The highest BCUT2D eigenvalue weighted by Gasteiger charge is 2.26. The van der Waals surface area contributed by atoms with E-state index in [9.17, 15) is 14.3 Å². The Bertz CT molecular complexity index is 1200. The minimum absolute atomic E-state index is 0.0782. The van der Waals surface area contributed by atoms with Gasteiger partial charge in [-0.25, -0.2) is 4.57 Å². The van der Waals surface area contributed by atoms with Crippen molar-refractivity contribution in [3.63, 3.8) is 0 Å². The van der Waals surface area contributed by atoms with E-state index in [1.165, 1.54) is 57.8 Å². The fourth-order valence-electron chi connectivity index (χ4n) is 5.71. The van der Waals surface area contributed by atoms with Crippen LogP contribution in [0.3, 0.4) is 0 Å². The highest BCUT2D eigenvalue weighted by molar-refractivity contribution is 7.47. The third-order valence-corrected chi connectivity index (χ3v) is 10.2. The van der Waals surface area contributed by atoms with Crippen molar-refractivity contribution in [2.45, 2.75) is 168 Å². The minimum Gasteiger partial charge on any atom is -0.457 e. The molecule has 334 valence electrons. The lowest BCUT2D eigenvalue weighted by atomic mass is 10.1. The smallest absolute Gasteiger partial charge is 0.457 e. The van der Waals surface area contributed by atoms with Gasteiger partial charge in [-0.3, -0.25) is 13.8 Å². The summed E-state index contributed by atoms with van der Waals surface area (Å²) in [6.45, 7) is 5.44. The molecule has 0 aliphatic carbocycles. The zero-order valence-electron chi connectivity index (χ0n) is 37.8. The quantitative estimate of drug-likeness (QED) is 0.0216. The van der Waals surface area contributed by atoms with Crippen LogP contribution in [0.15, 0.2) is 85.1 Å². The van der Waals surface area contributed by atoms with E-state index in [0.717, 1.165) is 83.5 Å². The number of hydrogen-bond acceptors (Lipinski definition) is 6. The maximum absolute atomic E-state index is 12.7. The second-order valence-electron chi connectivity index (χ2n) is 16.1. The van der Waals surface area contributed by atoms with Crippen molar-refractivity contribution in [1.82, 2.24) is 0 Å². The van der Waals surface area contributed by atoms with Gasteiger partial charge < -0.3 is 18.9 Å². The SMILES string of the molecule is CC/C=C\C/C=C\C/C=C\C/C=C\C/C=C\C/C=C\C/C=C\CCCCCC(=O)OC(COCCCCCCCCCCCCC)COP(=O)(O)OCC[N+](C)(C)C. The highest BCUT2D eigenvalue weighted by atomic mass is 31.2. The summed E-state index contributed by atoms with van der Waals surface area (Å²) in [5.74, 6) is -0.348. The lowest BCUT2D eigenvalue weighted by molar-refractivity contribution is -0.870. The van der Waals surface area contributed by atoms with E-state index in [1.54, 1.807) is 0 Å². The first-order chi connectivity index (χ1) is 28.1. The average molecular weight is 833 g/mol. The Hall–Kier alpha value is -2.32. The number of esters is 1. The molecule has 9 heteroatoms. The van der Waals surface area contributed by atoms with Gasteiger partial charge in [-0.05, 0) is 70.6 Å². The predicted molar refractivity (Wildman–Crippen MR) is 247 cm³/mol. The Balaban J connectivity index is 4.27. The molecule has 58 heavy (non-hydrogen) atoms. The number of allylic oxidation sites excluding steroid dienone is 14. The number of ether oxygens (including phenoxy) is 2. The van der Waals surface area contributed by atoms with Crippen molar-refractivity contribution in [2.75, 3.05) is 54.1 Å². The summed E-state index contributed by atoms with van der Waals surface area (Å²) < 4.78 is 34.9. The Morgan fingerprint density at radius 1 is 0.552 bits per heavy atom. The first-order valence-electron chi connectivity index (χ1n) is 22.8. The molecule has 0 radical (unpaired) electrons. The maximum Gasteiger partial charge on any atom is 0.472 e. The van der Waals surface area contributed by atoms with Gasteiger partial charge in [0.15, 0.2) is 0 Å². The van der Waals surface area contributed by atoms with Crippen LogP contribution in [0.1, 0.15) is 162 Å². The summed E-state index contributed by atoms with van der Waals surface area (Å²) in [6, 6.07) is 0. The molecular formula is C49H87NO7P+. The van der Waals surface area contributed by atoms with Gasteiger partial charge in [0.1, 0.15) is 19.3 Å². The van der Waals surface area contributed by atoms with Gasteiger partial charge in [-0.2, -0.15) is 0 Å². The summed E-state index contributed by atoms with van der Waals surface area (Å²) in [6.07, 6.45) is 54.8. The van der Waals surface area contributed by atoms with Gasteiger partial charge in [0, 0.05) is 13.0 Å². The van der Waals surface area contributed by atoms with Crippen molar-refractivity contribution < 1.29 is 37.3 Å². The topological polar surface area (TPSA) is 91.3 Å². The standard InChI is InChI=1S/C49H86NO7P/c1-6-8-10-12-14-16-18-19-20-21-22-23-24-25-26-27-28-29-30-31-32-34-36-38-40-42-49(51)57-48(47-56-58(52,53)55-45-43-50(3,4)5)46-54-44-41-39-37-35-33-17-15-13-11-9-7-2/h8,10,14,16,19-20,22-23,25-26,28-29,31-32,48H,6-7,9,11-13,15,17-18,21,24,27,30,33-47H2,1-5H3/p+1/b10-8-,16-14-,20-19-,23-22-,26-25-,29-28-,32-31-. The lowest BCUT2D eigenvalue weighted by Crippen LogP contribution is -2.37. The summed E-state index contributed by atoms with van der Waals surface area (Å²) in [4.78, 5) is 22.9. The molecule has 8 nitrogen and oxygen atoms in total. The number of hydrogen-bond donors (Lipinski definition) is 1. The van der Waals surface area contributed by atoms with Crippen molar-refractivity contribution in [1.29, 1.82) is 0 Å². The van der Waals surface area contributed by atoms with Gasteiger partial charge in [-0.15, -0.1) is 0 Å². The van der Waals surface area contributed by atoms with Crippen LogP contribution in [0.5, 0.6) is 0 Å². The molecule has 2 atom stereocenters. The summed E-state index contributed by atoms with van der Waals surface area (Å²) in [7, 11) is 1.63. The number of quaternary nitrogens is 1. The number of nitrogens with zero attached hydrogens (tertiary/aromatic N) is 1. The molecule has 0 heterocycles. The van der Waals surface area contributed by atoms with Crippen LogP contribution in [0.4, 0.5) is 0 Å². The Morgan fingerprint density at radius 2 is 1.00 bits per heavy atom. The zero-order valence-corrected chi connectivity index (χ0v) is 38.6. The molecule has 1 N–H and O–H groups in total. The fraction of sp³-hybridized carbons (Fsp3) is 0.694. The Kier molecular flexibility index (Phi) is 39.8. The van der Waals surface area contributed by atoms with Gasteiger partial charge in [0.25, 0.3) is 0 Å². The van der Waals surface area contributed by atoms with Gasteiger partial charge in [0.05, 0.1) is 34.4 Å². The Labute approximate surface area is 356 Å². The molecule has 0 amide bonds. The minimum atomic E-state index is -4.29. The maximum atomic E-state index is 12.7. The molecule has 0 saturated carbocycles. The van der Waals surface area contributed by atoms with E-state index in [1.807, 2.05) is 21.1 Å². The average Bonchev–Trinajstić information content (AvgIpc) is 3.18. The number of phosphoric ester groups is 1. The number of carbonyl (C=O) groups excluding carboxylic acids is 1. The van der Waals surface area contributed by atoms with Crippen LogP contribution < -0.4 is 0 Å². The third-order valence-electron chi connectivity index (χ3n) is 9.22. The number of likely N-dealkylation sites (N-methyl/N-ethyl adjacent to an activating group) is 1. The van der Waals surface area contributed by atoms with Crippen LogP contribution in [-0.2, 0) is 27.9 Å². The van der Waals surface area contributed by atoms with Crippen LogP contribution in [0.2, 0.25) is 0 Å². The second kappa shape index (κ2) is 41.4. The highest BCUT2D eigenvalue weighted by Crippen LogP contribution is 2.43. The predicted octanol–water partition coefficient (Wildman–Crippen LogP) is 13.7. The Morgan fingerprint density at radius 3 is 1.48 bits per heavy atom. The van der Waals surface area contributed by atoms with E-state index in [0.29, 0.717) is 17.6 Å². The molecular weight excluding hydrogens is 746 g/mol. The molecule has 0 rings (SSSR count). The van der Waals surface area contributed by atoms with E-state index < -0.39 is 13.9 Å². The van der Waals surface area contributed by atoms with Crippen molar-refractivity contribution >= 4 is 13.8 Å². The van der Waals surface area contributed by atoms with E-state index >= 15 is 0 Å². The van der Waals surface area contributed by atoms with Gasteiger partial charge in [-0.1, -0.05) is 170 Å². The van der Waals surface area contributed by atoms with Gasteiger partial charge >= 0.3 is 13.8 Å². The van der Waals surface area contributed by atoms with E-state index in [4.69, 9.17) is 18.5 Å². The van der Waals surface area contributed by atoms with Crippen molar-refractivity contribution in [3.05, 3.63) is 85.1 Å². The molecule has 0 aliphatic heterocycles. The number of unbranched alkanes of at least 4 members (excludes halogenated alkanes) is 13. The summed E-state index contributed by atoms with van der Waals surface area (Å²) in [5, 5.41) is 0. The molecule has 0 aromatic heterocycles. The number of carbonyl (C=O) groups is 1. The van der Waals surface area contributed by atoms with Crippen LogP contribution in [0, 0.1) is 0 Å². The van der Waals surface area contributed by atoms with E-state index in [-0.39, 0.29) is 32.2 Å². The van der Waals surface area contributed by atoms with Crippen molar-refractivity contribution in [3.8, 4) is 0 Å². The monoisotopic (exact) mass is 833 g/mol. The molecule has 0 aromatic carbocycles. The first kappa shape index (κ1) is 55.7. The third kappa shape index (κ3) is 44.8. The lowest BCUT2D eigenvalue weighted by Gasteiger charge is -2.24. The second-order valence-corrected chi connectivity index (χ2v) is 17.5. The molecule has 0 spiro atoms. The van der Waals surface area contributed by atoms with Crippen molar-refractivity contribution in [2.24, 2.45) is 0 Å². The molecule has 0 fully saturated rings. The largest absolute Gasteiger partial charge is 0.472 e.